The Kier molecular flexibility index (Phi) is 4.92. The smallest absolute Gasteiger partial charge is 0.416 e. The lowest BCUT2D eigenvalue weighted by Crippen LogP contribution is -2.31. The molecular weight excluding hydrogens is 385 g/mol. The standard InChI is InChI=1S/C17H11F3N2O4S/c18-17(19,20)9-3-1-4-10(7-9)22-13(23)8-12(15(22)24)27-14-11(16(25)26)5-2-6-21-14/h1-7,12H,8H2,(H,25,26)/p-1/t12-/m0/s1. The number of rotatable bonds is 4. The van der Waals surface area contributed by atoms with Gasteiger partial charge in [0, 0.05) is 18.2 Å². The summed E-state index contributed by atoms with van der Waals surface area (Å²) in [7, 11) is 0. The number of thioether (sulfide) groups is 1. The fourth-order valence-electron chi connectivity index (χ4n) is 2.56. The Morgan fingerprint density at radius 2 is 1.96 bits per heavy atom. The highest BCUT2D eigenvalue weighted by Crippen LogP contribution is 2.36. The van der Waals surface area contributed by atoms with Crippen LogP contribution in [0, 0.1) is 0 Å². The van der Waals surface area contributed by atoms with Crippen LogP contribution in [-0.4, -0.2) is 28.0 Å². The first-order valence-electron chi connectivity index (χ1n) is 7.55. The lowest BCUT2D eigenvalue weighted by Gasteiger charge is -2.17. The van der Waals surface area contributed by atoms with Gasteiger partial charge in [0.1, 0.15) is 5.03 Å². The normalized spacial score (nSPS) is 17.4. The van der Waals surface area contributed by atoms with Crippen molar-refractivity contribution in [2.45, 2.75) is 22.9 Å². The minimum absolute atomic E-state index is 0.00505. The first-order valence-corrected chi connectivity index (χ1v) is 8.43. The summed E-state index contributed by atoms with van der Waals surface area (Å²) in [6.07, 6.45) is -3.59. The molecule has 1 saturated heterocycles. The van der Waals surface area contributed by atoms with E-state index in [4.69, 9.17) is 0 Å². The van der Waals surface area contributed by atoms with Gasteiger partial charge in [-0.1, -0.05) is 17.8 Å². The zero-order valence-corrected chi connectivity index (χ0v) is 14.2. The van der Waals surface area contributed by atoms with E-state index in [9.17, 15) is 32.7 Å². The highest BCUT2D eigenvalue weighted by molar-refractivity contribution is 8.00. The number of carbonyl (C=O) groups excluding carboxylic acids is 3. The van der Waals surface area contributed by atoms with E-state index in [1.165, 1.54) is 24.4 Å². The number of halogens is 3. The molecule has 0 radical (unpaired) electrons. The number of carboxylic acids is 1. The predicted molar refractivity (Wildman–Crippen MR) is 86.8 cm³/mol. The summed E-state index contributed by atoms with van der Waals surface area (Å²) >= 11 is 0.760. The van der Waals surface area contributed by atoms with Crippen molar-refractivity contribution in [3.8, 4) is 0 Å². The third-order valence-electron chi connectivity index (χ3n) is 3.78. The van der Waals surface area contributed by atoms with Gasteiger partial charge in [0.15, 0.2) is 0 Å². The van der Waals surface area contributed by atoms with E-state index in [2.05, 4.69) is 4.98 Å². The number of hydrogen-bond donors (Lipinski definition) is 0. The lowest BCUT2D eigenvalue weighted by molar-refractivity contribution is -0.255. The first-order chi connectivity index (χ1) is 12.7. The molecule has 0 aliphatic carbocycles. The quantitative estimate of drug-likeness (QED) is 0.735. The zero-order chi connectivity index (χ0) is 19.8. The number of aromatic carboxylic acids is 1. The molecule has 1 aliphatic rings. The SMILES string of the molecule is O=C([O-])c1cccnc1S[C@H]1CC(=O)N(c2cccc(C(F)(F)F)c2)C1=O. The number of nitrogens with zero attached hydrogens (tertiary/aromatic N) is 2. The molecule has 0 saturated carbocycles. The Morgan fingerprint density at radius 1 is 1.22 bits per heavy atom. The molecule has 2 amide bonds. The molecule has 1 aliphatic heterocycles. The van der Waals surface area contributed by atoms with Crippen molar-refractivity contribution in [1.82, 2.24) is 4.98 Å². The van der Waals surface area contributed by atoms with Gasteiger partial charge in [-0.15, -0.1) is 0 Å². The van der Waals surface area contributed by atoms with Gasteiger partial charge in [0.25, 0.3) is 0 Å². The number of aromatic nitrogens is 1. The molecule has 1 aromatic heterocycles. The van der Waals surface area contributed by atoms with Gasteiger partial charge in [0.2, 0.25) is 11.8 Å². The largest absolute Gasteiger partial charge is 0.545 e. The molecule has 2 aromatic rings. The molecule has 1 fully saturated rings. The minimum Gasteiger partial charge on any atom is -0.545 e. The van der Waals surface area contributed by atoms with Crippen molar-refractivity contribution in [3.05, 3.63) is 53.7 Å². The van der Waals surface area contributed by atoms with Gasteiger partial charge in [-0.3, -0.25) is 9.59 Å². The third kappa shape index (κ3) is 3.80. The van der Waals surface area contributed by atoms with Gasteiger partial charge in [0.05, 0.1) is 22.5 Å². The van der Waals surface area contributed by atoms with Gasteiger partial charge in [-0.25, -0.2) is 9.88 Å². The van der Waals surface area contributed by atoms with Gasteiger partial charge < -0.3 is 9.90 Å². The van der Waals surface area contributed by atoms with E-state index in [1.54, 1.807) is 0 Å². The van der Waals surface area contributed by atoms with E-state index in [1.807, 2.05) is 0 Å². The van der Waals surface area contributed by atoms with Crippen LogP contribution < -0.4 is 10.0 Å². The van der Waals surface area contributed by atoms with Crippen molar-refractivity contribution >= 4 is 35.2 Å². The monoisotopic (exact) mass is 395 g/mol. The highest BCUT2D eigenvalue weighted by Gasteiger charge is 2.41. The van der Waals surface area contributed by atoms with E-state index in [0.29, 0.717) is 4.90 Å². The van der Waals surface area contributed by atoms with Crippen molar-refractivity contribution in [2.75, 3.05) is 4.90 Å². The third-order valence-corrected chi connectivity index (χ3v) is 4.98. The molecule has 6 nitrogen and oxygen atoms in total. The number of carbonyl (C=O) groups is 3. The summed E-state index contributed by atoms with van der Waals surface area (Å²) in [5.41, 5.74) is -1.41. The highest BCUT2D eigenvalue weighted by atomic mass is 32.2. The Hall–Kier alpha value is -2.88. The average molecular weight is 395 g/mol. The Balaban J connectivity index is 1.87. The molecule has 1 atom stereocenters. The number of carboxylic acid groups (broad SMARTS) is 1. The predicted octanol–water partition coefficient (Wildman–Crippen LogP) is 1.89. The second-order valence-electron chi connectivity index (χ2n) is 5.57. The molecule has 0 bridgehead atoms. The van der Waals surface area contributed by atoms with Crippen LogP contribution in [-0.2, 0) is 15.8 Å². The van der Waals surface area contributed by atoms with Crippen LogP contribution in [0.2, 0.25) is 0 Å². The van der Waals surface area contributed by atoms with Gasteiger partial charge in [-0.2, -0.15) is 13.2 Å². The molecule has 27 heavy (non-hydrogen) atoms. The lowest BCUT2D eigenvalue weighted by atomic mass is 10.2. The summed E-state index contributed by atoms with van der Waals surface area (Å²) in [6.45, 7) is 0. The molecule has 2 heterocycles. The van der Waals surface area contributed by atoms with E-state index in [0.717, 1.165) is 30.0 Å². The topological polar surface area (TPSA) is 90.4 Å². The fourth-order valence-corrected chi connectivity index (χ4v) is 3.67. The number of hydrogen-bond acceptors (Lipinski definition) is 6. The van der Waals surface area contributed by atoms with Crippen LogP contribution >= 0.6 is 11.8 Å². The second-order valence-corrected chi connectivity index (χ2v) is 6.76. The number of benzene rings is 1. The molecule has 10 heteroatoms. The molecule has 0 spiro atoms. The minimum atomic E-state index is -4.62. The number of alkyl halides is 3. The number of imide groups is 1. The average Bonchev–Trinajstić information content (AvgIpc) is 2.88. The second kappa shape index (κ2) is 7.03. The van der Waals surface area contributed by atoms with Crippen molar-refractivity contribution < 1.29 is 32.7 Å². The molecule has 3 rings (SSSR count). The summed E-state index contributed by atoms with van der Waals surface area (Å²) in [5, 5.41) is 10.1. The summed E-state index contributed by atoms with van der Waals surface area (Å²) in [6, 6.07) is 6.51. The van der Waals surface area contributed by atoms with Gasteiger partial charge in [-0.05, 0) is 30.3 Å². The Labute approximate surface area is 155 Å². The molecule has 140 valence electrons. The maximum absolute atomic E-state index is 12.9. The summed E-state index contributed by atoms with van der Waals surface area (Å²) < 4.78 is 38.6. The number of anilines is 1. The van der Waals surface area contributed by atoms with Crippen LogP contribution in [0.25, 0.3) is 0 Å². The van der Waals surface area contributed by atoms with Crippen LogP contribution in [0.4, 0.5) is 18.9 Å². The van der Waals surface area contributed by atoms with Crippen LogP contribution in [0.5, 0.6) is 0 Å². The van der Waals surface area contributed by atoms with Crippen LogP contribution in [0.15, 0.2) is 47.6 Å². The Bertz CT molecular complexity index is 932. The number of amides is 2. The maximum atomic E-state index is 12.9. The Morgan fingerprint density at radius 3 is 2.63 bits per heavy atom. The van der Waals surface area contributed by atoms with Gasteiger partial charge >= 0.3 is 6.18 Å². The van der Waals surface area contributed by atoms with E-state index in [-0.39, 0.29) is 22.7 Å². The molecule has 0 N–H and O–H groups in total. The van der Waals surface area contributed by atoms with E-state index >= 15 is 0 Å². The summed E-state index contributed by atoms with van der Waals surface area (Å²) in [5.74, 6) is -2.90. The zero-order valence-electron chi connectivity index (χ0n) is 13.4. The van der Waals surface area contributed by atoms with Crippen molar-refractivity contribution in [3.63, 3.8) is 0 Å². The molecular formula is C17H10F3N2O4S-. The molecule has 0 unspecified atom stereocenters. The molecule has 1 aromatic carbocycles. The first kappa shape index (κ1) is 18.9. The maximum Gasteiger partial charge on any atom is 0.416 e. The van der Waals surface area contributed by atoms with E-state index < -0.39 is 34.8 Å². The summed E-state index contributed by atoms with van der Waals surface area (Å²) in [4.78, 5) is 40.5. The number of pyridine rings is 1. The van der Waals surface area contributed by atoms with Crippen LogP contribution in [0.3, 0.4) is 0 Å². The fraction of sp³-hybridized carbons (Fsp3) is 0.176. The van der Waals surface area contributed by atoms with Crippen molar-refractivity contribution in [2.24, 2.45) is 0 Å². The van der Waals surface area contributed by atoms with Crippen molar-refractivity contribution in [1.29, 1.82) is 0 Å². The van der Waals surface area contributed by atoms with Crippen LogP contribution in [0.1, 0.15) is 22.3 Å².